The largest absolute Gasteiger partial charge is 0.497 e. The first kappa shape index (κ1) is 27.3. The second-order valence-electron chi connectivity index (χ2n) is 9.98. The van der Waals surface area contributed by atoms with Crippen molar-refractivity contribution in [3.63, 3.8) is 0 Å². The van der Waals surface area contributed by atoms with Crippen molar-refractivity contribution >= 4 is 11.7 Å². The summed E-state index contributed by atoms with van der Waals surface area (Å²) >= 11 is 0. The number of halogens is 1. The van der Waals surface area contributed by atoms with E-state index in [1.807, 2.05) is 18.7 Å². The van der Waals surface area contributed by atoms with E-state index in [1.165, 1.54) is 18.7 Å². The van der Waals surface area contributed by atoms with Gasteiger partial charge < -0.3 is 20.1 Å². The highest BCUT2D eigenvalue weighted by Gasteiger charge is 2.25. The molecule has 1 aromatic heterocycles. The summed E-state index contributed by atoms with van der Waals surface area (Å²) in [5, 5.41) is 0. The van der Waals surface area contributed by atoms with Gasteiger partial charge in [-0.2, -0.15) is 0 Å². The van der Waals surface area contributed by atoms with E-state index < -0.39 is 5.82 Å². The number of ether oxygens (including phenoxy) is 2. The minimum atomic E-state index is -0.424. The third-order valence-corrected chi connectivity index (χ3v) is 6.91. The molecule has 1 aliphatic heterocycles. The highest BCUT2D eigenvalue weighted by Crippen LogP contribution is 2.31. The predicted molar refractivity (Wildman–Crippen MR) is 146 cm³/mol. The zero-order valence-corrected chi connectivity index (χ0v) is 22.8. The standard InChI is InChI=1S/C29H36FN5O3/c1-18(2)21-7-6-19(3)26(14-21)38-17-24-20(4)32-28(23-15-22(37-5)8-9-25(23)30)33-29(24)35-12-10-34(11-13-35)16-27(31)36/h6-9,14-15,18H,10-13,16-17H2,1-5H3,(H2,31,36). The zero-order chi connectivity index (χ0) is 27.4. The lowest BCUT2D eigenvalue weighted by Crippen LogP contribution is -2.49. The van der Waals surface area contributed by atoms with Crippen LogP contribution in [-0.4, -0.2) is 60.6 Å². The first-order chi connectivity index (χ1) is 18.2. The smallest absolute Gasteiger partial charge is 0.231 e. The number of methoxy groups -OCH3 is 1. The Morgan fingerprint density at radius 3 is 2.47 bits per heavy atom. The number of anilines is 1. The molecule has 0 radical (unpaired) electrons. The van der Waals surface area contributed by atoms with Crippen LogP contribution in [0.25, 0.3) is 11.4 Å². The molecule has 38 heavy (non-hydrogen) atoms. The van der Waals surface area contributed by atoms with Gasteiger partial charge in [-0.25, -0.2) is 14.4 Å². The lowest BCUT2D eigenvalue weighted by Gasteiger charge is -2.36. The molecule has 9 heteroatoms. The van der Waals surface area contributed by atoms with Crippen LogP contribution in [0.4, 0.5) is 10.2 Å². The maximum atomic E-state index is 14.9. The topological polar surface area (TPSA) is 93.8 Å². The van der Waals surface area contributed by atoms with Crippen LogP contribution in [0.5, 0.6) is 11.5 Å². The van der Waals surface area contributed by atoms with E-state index >= 15 is 0 Å². The number of hydrogen-bond acceptors (Lipinski definition) is 7. The molecule has 2 N–H and O–H groups in total. The highest BCUT2D eigenvalue weighted by atomic mass is 19.1. The van der Waals surface area contributed by atoms with Gasteiger partial charge >= 0.3 is 0 Å². The quantitative estimate of drug-likeness (QED) is 0.451. The van der Waals surface area contributed by atoms with Gasteiger partial charge in [-0.1, -0.05) is 26.0 Å². The van der Waals surface area contributed by atoms with Gasteiger partial charge in [0.2, 0.25) is 5.91 Å². The number of rotatable bonds is 9. The predicted octanol–water partition coefficient (Wildman–Crippen LogP) is 4.22. The van der Waals surface area contributed by atoms with Crippen molar-refractivity contribution < 1.29 is 18.7 Å². The molecule has 0 spiro atoms. The number of nitrogens with two attached hydrogens (primary N) is 1. The Hall–Kier alpha value is -3.72. The van der Waals surface area contributed by atoms with E-state index in [-0.39, 0.29) is 30.4 Å². The van der Waals surface area contributed by atoms with Crippen LogP contribution in [0.15, 0.2) is 36.4 Å². The molecule has 0 unspecified atom stereocenters. The summed E-state index contributed by atoms with van der Waals surface area (Å²) in [4.78, 5) is 25.1. The molecule has 4 rings (SSSR count). The van der Waals surface area contributed by atoms with Crippen molar-refractivity contribution in [1.82, 2.24) is 14.9 Å². The molecule has 0 saturated carbocycles. The number of benzene rings is 2. The van der Waals surface area contributed by atoms with Gasteiger partial charge in [-0.15, -0.1) is 0 Å². The second-order valence-corrected chi connectivity index (χ2v) is 9.98. The molecule has 1 fully saturated rings. The maximum Gasteiger partial charge on any atom is 0.231 e. The summed E-state index contributed by atoms with van der Waals surface area (Å²) in [6.45, 7) is 11.3. The van der Waals surface area contributed by atoms with Crippen molar-refractivity contribution in [3.05, 3.63) is 64.6 Å². The van der Waals surface area contributed by atoms with Gasteiger partial charge in [0, 0.05) is 26.2 Å². The Labute approximate surface area is 223 Å². The molecule has 0 bridgehead atoms. The van der Waals surface area contributed by atoms with Crippen LogP contribution < -0.4 is 20.1 Å². The van der Waals surface area contributed by atoms with Crippen molar-refractivity contribution in [3.8, 4) is 22.9 Å². The van der Waals surface area contributed by atoms with Crippen LogP contribution in [0, 0.1) is 19.7 Å². The van der Waals surface area contributed by atoms with Gasteiger partial charge in [0.25, 0.3) is 0 Å². The first-order valence-electron chi connectivity index (χ1n) is 12.9. The van der Waals surface area contributed by atoms with Crippen molar-refractivity contribution in [1.29, 1.82) is 0 Å². The average Bonchev–Trinajstić information content (AvgIpc) is 2.88. The lowest BCUT2D eigenvalue weighted by molar-refractivity contribution is -0.119. The van der Waals surface area contributed by atoms with E-state index in [1.54, 1.807) is 12.1 Å². The summed E-state index contributed by atoms with van der Waals surface area (Å²) in [5.41, 5.74) is 9.47. The van der Waals surface area contributed by atoms with Gasteiger partial charge in [-0.05, 0) is 55.2 Å². The SMILES string of the molecule is COc1ccc(F)c(-c2nc(C)c(COc3cc(C(C)C)ccc3C)c(N3CCN(CC(N)=O)CC3)n2)c1. The average molecular weight is 522 g/mol. The fourth-order valence-electron chi connectivity index (χ4n) is 4.55. The van der Waals surface area contributed by atoms with Crippen LogP contribution in [0.2, 0.25) is 0 Å². The first-order valence-corrected chi connectivity index (χ1v) is 12.9. The van der Waals surface area contributed by atoms with Crippen LogP contribution >= 0.6 is 0 Å². The third-order valence-electron chi connectivity index (χ3n) is 6.91. The fourth-order valence-corrected chi connectivity index (χ4v) is 4.55. The maximum absolute atomic E-state index is 14.9. The molecule has 0 aliphatic carbocycles. The van der Waals surface area contributed by atoms with E-state index in [0.717, 1.165) is 16.9 Å². The number of hydrogen-bond donors (Lipinski definition) is 1. The number of aromatic nitrogens is 2. The molecule has 1 amide bonds. The van der Waals surface area contributed by atoms with Gasteiger partial charge in [0.05, 0.1) is 30.5 Å². The molecular weight excluding hydrogens is 485 g/mol. The second kappa shape index (κ2) is 11.8. The highest BCUT2D eigenvalue weighted by molar-refractivity contribution is 5.76. The fraction of sp³-hybridized carbons (Fsp3) is 0.414. The molecule has 202 valence electrons. The Kier molecular flexibility index (Phi) is 8.46. The normalized spacial score (nSPS) is 14.1. The Bertz CT molecular complexity index is 1310. The molecule has 3 aromatic rings. The summed E-state index contributed by atoms with van der Waals surface area (Å²) < 4.78 is 26.5. The summed E-state index contributed by atoms with van der Waals surface area (Å²) in [6.07, 6.45) is 0. The lowest BCUT2D eigenvalue weighted by atomic mass is 10.0. The molecule has 1 aliphatic rings. The van der Waals surface area contributed by atoms with E-state index in [0.29, 0.717) is 49.4 Å². The summed E-state index contributed by atoms with van der Waals surface area (Å²) in [5.74, 6) is 1.94. The van der Waals surface area contributed by atoms with E-state index in [9.17, 15) is 9.18 Å². The third kappa shape index (κ3) is 6.22. The molecular formula is C29H36FN5O3. The number of carbonyl (C=O) groups excluding carboxylic acids is 1. The molecule has 8 nitrogen and oxygen atoms in total. The number of nitrogens with zero attached hydrogens (tertiary/aromatic N) is 4. The van der Waals surface area contributed by atoms with Crippen LogP contribution in [-0.2, 0) is 11.4 Å². The van der Waals surface area contributed by atoms with Crippen molar-refractivity contribution in [2.24, 2.45) is 5.73 Å². The minimum absolute atomic E-state index is 0.221. The number of primary amides is 1. The number of aryl methyl sites for hydroxylation is 2. The van der Waals surface area contributed by atoms with Gasteiger partial charge in [0.1, 0.15) is 29.7 Å². The van der Waals surface area contributed by atoms with Gasteiger partial charge in [0.15, 0.2) is 5.82 Å². The summed E-state index contributed by atoms with van der Waals surface area (Å²) in [6, 6.07) is 10.8. The summed E-state index contributed by atoms with van der Waals surface area (Å²) in [7, 11) is 1.54. The minimum Gasteiger partial charge on any atom is -0.497 e. The number of amides is 1. The Morgan fingerprint density at radius 1 is 1.08 bits per heavy atom. The monoisotopic (exact) mass is 521 g/mol. The molecule has 0 atom stereocenters. The van der Waals surface area contributed by atoms with Crippen LogP contribution in [0.3, 0.4) is 0 Å². The molecule has 2 aromatic carbocycles. The zero-order valence-electron chi connectivity index (χ0n) is 22.8. The molecule has 2 heterocycles. The van der Waals surface area contributed by atoms with Crippen molar-refractivity contribution in [2.45, 2.75) is 40.2 Å². The van der Waals surface area contributed by atoms with E-state index in [2.05, 4.69) is 41.9 Å². The Balaban J connectivity index is 1.70. The Morgan fingerprint density at radius 2 is 1.82 bits per heavy atom. The van der Waals surface area contributed by atoms with E-state index in [4.69, 9.17) is 20.2 Å². The van der Waals surface area contributed by atoms with Crippen molar-refractivity contribution in [2.75, 3.05) is 44.7 Å². The molecule has 1 saturated heterocycles. The number of piperazine rings is 1. The van der Waals surface area contributed by atoms with Crippen LogP contribution in [0.1, 0.15) is 42.1 Å². The number of carbonyl (C=O) groups is 1. The van der Waals surface area contributed by atoms with Gasteiger partial charge in [-0.3, -0.25) is 9.69 Å².